The Hall–Kier alpha value is -2.65. The number of carbonyl (C=O) groups excluding carboxylic acids is 2. The molecule has 0 aliphatic carbocycles. The molecular formula is C13H11Cl2N5O4. The number of imidazole rings is 1. The van der Waals surface area contributed by atoms with E-state index in [0.717, 1.165) is 10.8 Å². The van der Waals surface area contributed by atoms with E-state index < -0.39 is 23.3 Å². The fraction of sp³-hybridized carbons (Fsp3) is 0.154. The number of benzene rings is 1. The normalized spacial score (nSPS) is 10.3. The minimum absolute atomic E-state index is 0.00549. The molecule has 1 heterocycles. The van der Waals surface area contributed by atoms with Crippen molar-refractivity contribution in [1.82, 2.24) is 20.4 Å². The summed E-state index contributed by atoms with van der Waals surface area (Å²) in [6, 6.07) is 4.52. The summed E-state index contributed by atoms with van der Waals surface area (Å²) in [5.74, 6) is -1.44. The molecular weight excluding hydrogens is 361 g/mol. The number of aromatic nitrogens is 2. The number of amides is 2. The Bertz CT molecular complexity index is 800. The minimum Gasteiger partial charge on any atom is -0.358 e. The van der Waals surface area contributed by atoms with E-state index in [-0.39, 0.29) is 27.3 Å². The van der Waals surface area contributed by atoms with Crippen LogP contribution in [0.3, 0.4) is 0 Å². The first-order chi connectivity index (χ1) is 11.3. The predicted molar refractivity (Wildman–Crippen MR) is 85.7 cm³/mol. The van der Waals surface area contributed by atoms with E-state index in [1.54, 1.807) is 6.07 Å². The third-order valence-corrected chi connectivity index (χ3v) is 3.66. The Labute approximate surface area is 145 Å². The van der Waals surface area contributed by atoms with Crippen LogP contribution in [0.15, 0.2) is 24.4 Å². The van der Waals surface area contributed by atoms with Gasteiger partial charge < -0.3 is 10.1 Å². The molecule has 11 heteroatoms. The van der Waals surface area contributed by atoms with Crippen LogP contribution in [0, 0.1) is 17.0 Å². The standard InChI is InChI=1S/C13H11Cl2N5O4/c1-7-16-5-11(20(23)24)19(7)6-10(21)17-18-13(22)12-8(14)3-2-4-9(12)15/h2-5H,6H2,1H3,(H,17,21)(H,18,22). The highest BCUT2D eigenvalue weighted by molar-refractivity contribution is 6.39. The first-order valence-corrected chi connectivity index (χ1v) is 7.26. The van der Waals surface area contributed by atoms with E-state index >= 15 is 0 Å². The topological polar surface area (TPSA) is 119 Å². The van der Waals surface area contributed by atoms with Crippen LogP contribution in [0.25, 0.3) is 0 Å². The number of rotatable bonds is 4. The van der Waals surface area contributed by atoms with Gasteiger partial charge in [-0.25, -0.2) is 9.55 Å². The maximum Gasteiger partial charge on any atom is 0.343 e. The fourth-order valence-corrected chi connectivity index (χ4v) is 2.45. The number of nitro groups is 1. The van der Waals surface area contributed by atoms with Crippen LogP contribution in [-0.2, 0) is 11.3 Å². The molecule has 24 heavy (non-hydrogen) atoms. The Balaban J connectivity index is 2.03. The molecule has 1 aromatic heterocycles. The van der Waals surface area contributed by atoms with Gasteiger partial charge in [0.05, 0.1) is 15.6 Å². The molecule has 2 N–H and O–H groups in total. The molecule has 2 amide bonds. The lowest BCUT2D eigenvalue weighted by atomic mass is 10.2. The zero-order valence-corrected chi connectivity index (χ0v) is 13.8. The third kappa shape index (κ3) is 3.81. The third-order valence-electron chi connectivity index (χ3n) is 3.03. The summed E-state index contributed by atoms with van der Waals surface area (Å²) in [4.78, 5) is 37.9. The number of hydrogen-bond acceptors (Lipinski definition) is 5. The summed E-state index contributed by atoms with van der Waals surface area (Å²) in [7, 11) is 0. The van der Waals surface area contributed by atoms with Gasteiger partial charge in [0.15, 0.2) is 12.4 Å². The monoisotopic (exact) mass is 371 g/mol. The van der Waals surface area contributed by atoms with E-state index in [4.69, 9.17) is 23.2 Å². The van der Waals surface area contributed by atoms with E-state index in [0.29, 0.717) is 0 Å². The molecule has 0 fully saturated rings. The summed E-state index contributed by atoms with van der Waals surface area (Å²) in [5, 5.41) is 11.1. The Morgan fingerprint density at radius 3 is 2.50 bits per heavy atom. The minimum atomic E-state index is -0.712. The van der Waals surface area contributed by atoms with E-state index in [1.165, 1.54) is 19.1 Å². The largest absolute Gasteiger partial charge is 0.358 e. The van der Waals surface area contributed by atoms with Crippen LogP contribution in [-0.4, -0.2) is 26.3 Å². The van der Waals surface area contributed by atoms with Crippen molar-refractivity contribution in [3.63, 3.8) is 0 Å². The lowest BCUT2D eigenvalue weighted by Gasteiger charge is -2.09. The van der Waals surface area contributed by atoms with E-state index in [9.17, 15) is 19.7 Å². The predicted octanol–water partition coefficient (Wildman–Crippen LogP) is 1.87. The van der Waals surface area contributed by atoms with Gasteiger partial charge in [0.1, 0.15) is 6.20 Å². The van der Waals surface area contributed by atoms with Crippen molar-refractivity contribution in [3.05, 3.63) is 55.9 Å². The number of carbonyl (C=O) groups is 2. The van der Waals surface area contributed by atoms with Gasteiger partial charge in [0.2, 0.25) is 0 Å². The van der Waals surface area contributed by atoms with Crippen molar-refractivity contribution in [2.75, 3.05) is 0 Å². The summed E-state index contributed by atoms with van der Waals surface area (Å²) >= 11 is 11.8. The molecule has 0 saturated carbocycles. The summed E-state index contributed by atoms with van der Waals surface area (Å²) < 4.78 is 1.10. The van der Waals surface area contributed by atoms with Gasteiger partial charge in [-0.05, 0) is 17.1 Å². The second-order valence-electron chi connectivity index (χ2n) is 4.61. The highest BCUT2D eigenvalue weighted by Gasteiger charge is 2.21. The molecule has 0 spiro atoms. The molecule has 126 valence electrons. The van der Waals surface area contributed by atoms with Gasteiger partial charge in [-0.2, -0.15) is 0 Å². The van der Waals surface area contributed by atoms with Crippen molar-refractivity contribution in [2.24, 2.45) is 0 Å². The van der Waals surface area contributed by atoms with Gasteiger partial charge in [-0.3, -0.25) is 20.4 Å². The van der Waals surface area contributed by atoms with Crippen LogP contribution in [0.4, 0.5) is 5.82 Å². The van der Waals surface area contributed by atoms with Gasteiger partial charge >= 0.3 is 5.82 Å². The molecule has 0 bridgehead atoms. The number of hydrazine groups is 1. The Morgan fingerprint density at radius 2 is 1.92 bits per heavy atom. The van der Waals surface area contributed by atoms with Gasteiger partial charge in [0.25, 0.3) is 11.8 Å². The molecule has 2 rings (SSSR count). The average Bonchev–Trinajstić information content (AvgIpc) is 2.86. The zero-order chi connectivity index (χ0) is 17.9. The average molecular weight is 372 g/mol. The highest BCUT2D eigenvalue weighted by atomic mass is 35.5. The van der Waals surface area contributed by atoms with Crippen molar-refractivity contribution in [1.29, 1.82) is 0 Å². The van der Waals surface area contributed by atoms with Gasteiger partial charge in [-0.15, -0.1) is 0 Å². The van der Waals surface area contributed by atoms with Gasteiger partial charge in [0, 0.05) is 6.92 Å². The highest BCUT2D eigenvalue weighted by Crippen LogP contribution is 2.23. The van der Waals surface area contributed by atoms with E-state index in [1.807, 2.05) is 0 Å². The number of aryl methyl sites for hydroxylation is 1. The summed E-state index contributed by atoms with van der Waals surface area (Å²) in [6.45, 7) is 1.13. The lowest BCUT2D eigenvalue weighted by Crippen LogP contribution is -2.43. The maximum absolute atomic E-state index is 12.0. The van der Waals surface area contributed by atoms with Crippen LogP contribution < -0.4 is 10.9 Å². The molecule has 0 unspecified atom stereocenters. The zero-order valence-electron chi connectivity index (χ0n) is 12.2. The van der Waals surface area contributed by atoms with Crippen molar-refractivity contribution >= 4 is 40.8 Å². The number of nitrogens with zero attached hydrogens (tertiary/aromatic N) is 3. The van der Waals surface area contributed by atoms with Crippen molar-refractivity contribution in [2.45, 2.75) is 13.5 Å². The quantitative estimate of drug-likeness (QED) is 0.627. The molecule has 1 aromatic carbocycles. The number of hydrogen-bond donors (Lipinski definition) is 2. The second-order valence-corrected chi connectivity index (χ2v) is 5.42. The molecule has 0 aliphatic rings. The van der Waals surface area contributed by atoms with Gasteiger partial charge in [-0.1, -0.05) is 29.3 Å². The summed E-state index contributed by atoms with van der Waals surface area (Å²) in [6.07, 6.45) is 1.05. The smallest absolute Gasteiger partial charge is 0.343 e. The molecule has 0 atom stereocenters. The second kappa shape index (κ2) is 7.28. The molecule has 2 aromatic rings. The SMILES string of the molecule is Cc1ncc([N+](=O)[O-])n1CC(=O)NNC(=O)c1c(Cl)cccc1Cl. The Morgan fingerprint density at radius 1 is 1.29 bits per heavy atom. The number of nitrogens with one attached hydrogen (secondary N) is 2. The first-order valence-electron chi connectivity index (χ1n) is 6.51. The lowest BCUT2D eigenvalue weighted by molar-refractivity contribution is -0.392. The molecule has 0 radical (unpaired) electrons. The molecule has 0 saturated heterocycles. The van der Waals surface area contributed by atoms with Crippen LogP contribution >= 0.6 is 23.2 Å². The van der Waals surface area contributed by atoms with Crippen molar-refractivity contribution in [3.8, 4) is 0 Å². The first kappa shape index (κ1) is 17.7. The number of halogens is 2. The maximum atomic E-state index is 12.0. The molecule has 0 aliphatic heterocycles. The van der Waals surface area contributed by atoms with E-state index in [2.05, 4.69) is 15.8 Å². The fourth-order valence-electron chi connectivity index (χ4n) is 1.88. The van der Waals surface area contributed by atoms with Crippen LogP contribution in [0.2, 0.25) is 10.0 Å². The molecule has 9 nitrogen and oxygen atoms in total. The van der Waals surface area contributed by atoms with Crippen LogP contribution in [0.5, 0.6) is 0 Å². The van der Waals surface area contributed by atoms with Crippen LogP contribution in [0.1, 0.15) is 16.2 Å². The Kier molecular flexibility index (Phi) is 5.37. The van der Waals surface area contributed by atoms with Crippen molar-refractivity contribution < 1.29 is 14.5 Å². The summed E-state index contributed by atoms with van der Waals surface area (Å²) in [5.41, 5.74) is 4.30.